The molecule has 1 aliphatic heterocycles. The standard InChI is InChI=1S/C18H15ClN2O3S/c1-2-24-16-10-11(7-8-15(16)22)9-13-17(23)21(18(25)20-13)14-6-4-3-5-12(14)19/h3-10,22H,2H2,1H3,(H,20,25)/b13-9-. The van der Waals surface area contributed by atoms with Gasteiger partial charge in [-0.3, -0.25) is 9.69 Å². The van der Waals surface area contributed by atoms with Gasteiger partial charge in [-0.05, 0) is 55.0 Å². The Morgan fingerprint density at radius 2 is 2.08 bits per heavy atom. The van der Waals surface area contributed by atoms with Crippen LogP contribution in [-0.2, 0) is 4.79 Å². The van der Waals surface area contributed by atoms with Crippen molar-refractivity contribution in [3.63, 3.8) is 0 Å². The molecule has 0 saturated carbocycles. The highest BCUT2D eigenvalue weighted by Gasteiger charge is 2.33. The number of hydrogen-bond acceptors (Lipinski definition) is 4. The van der Waals surface area contributed by atoms with E-state index < -0.39 is 0 Å². The number of carbonyl (C=O) groups excluding carboxylic acids is 1. The van der Waals surface area contributed by atoms with Crippen LogP contribution in [0.4, 0.5) is 5.69 Å². The Morgan fingerprint density at radius 3 is 2.80 bits per heavy atom. The van der Waals surface area contributed by atoms with E-state index in [2.05, 4.69) is 5.32 Å². The van der Waals surface area contributed by atoms with Crippen molar-refractivity contribution in [1.82, 2.24) is 5.32 Å². The number of phenols is 1. The van der Waals surface area contributed by atoms with Crippen molar-refractivity contribution in [1.29, 1.82) is 0 Å². The molecule has 0 unspecified atom stereocenters. The van der Waals surface area contributed by atoms with E-state index >= 15 is 0 Å². The SMILES string of the molecule is CCOc1cc(/C=C2\NC(=S)N(c3ccccc3Cl)C2=O)ccc1O. The van der Waals surface area contributed by atoms with E-state index in [0.29, 0.717) is 34.3 Å². The van der Waals surface area contributed by atoms with Crippen molar-refractivity contribution in [2.24, 2.45) is 0 Å². The average molecular weight is 375 g/mol. The molecule has 3 rings (SSSR count). The van der Waals surface area contributed by atoms with Crippen LogP contribution in [0.25, 0.3) is 6.08 Å². The first-order chi connectivity index (χ1) is 12.0. The van der Waals surface area contributed by atoms with Crippen LogP contribution in [0.1, 0.15) is 12.5 Å². The number of aromatic hydroxyl groups is 1. The summed E-state index contributed by atoms with van der Waals surface area (Å²) >= 11 is 11.4. The van der Waals surface area contributed by atoms with Crippen molar-refractivity contribution < 1.29 is 14.6 Å². The van der Waals surface area contributed by atoms with Gasteiger partial charge in [0.15, 0.2) is 16.6 Å². The van der Waals surface area contributed by atoms with Crippen LogP contribution in [0.3, 0.4) is 0 Å². The minimum Gasteiger partial charge on any atom is -0.504 e. The molecule has 1 heterocycles. The zero-order valence-electron chi connectivity index (χ0n) is 13.3. The number of hydrogen-bond donors (Lipinski definition) is 2. The zero-order valence-corrected chi connectivity index (χ0v) is 14.9. The number of rotatable bonds is 4. The highest BCUT2D eigenvalue weighted by atomic mass is 35.5. The molecule has 1 fully saturated rings. The Labute approximate surface area is 155 Å². The highest BCUT2D eigenvalue weighted by Crippen LogP contribution is 2.31. The molecule has 25 heavy (non-hydrogen) atoms. The predicted octanol–water partition coefficient (Wildman–Crippen LogP) is 3.71. The van der Waals surface area contributed by atoms with Crippen molar-refractivity contribution in [2.75, 3.05) is 11.5 Å². The fourth-order valence-electron chi connectivity index (χ4n) is 2.45. The minimum absolute atomic E-state index is 0.0444. The average Bonchev–Trinajstić information content (AvgIpc) is 2.85. The van der Waals surface area contributed by atoms with E-state index in [9.17, 15) is 9.90 Å². The van der Waals surface area contributed by atoms with E-state index in [1.165, 1.54) is 11.0 Å². The van der Waals surface area contributed by atoms with E-state index in [4.69, 9.17) is 28.6 Å². The second-order valence-corrected chi connectivity index (χ2v) is 6.03. The van der Waals surface area contributed by atoms with Gasteiger partial charge in [0, 0.05) is 0 Å². The van der Waals surface area contributed by atoms with E-state index in [0.717, 1.165) is 0 Å². The quantitative estimate of drug-likeness (QED) is 0.631. The molecule has 0 bridgehead atoms. The molecule has 0 aromatic heterocycles. The Morgan fingerprint density at radius 1 is 1.32 bits per heavy atom. The third-order valence-electron chi connectivity index (χ3n) is 3.57. The van der Waals surface area contributed by atoms with Gasteiger partial charge in [-0.25, -0.2) is 0 Å². The lowest BCUT2D eigenvalue weighted by Gasteiger charge is -2.15. The summed E-state index contributed by atoms with van der Waals surface area (Å²) in [5, 5.41) is 13.4. The smallest absolute Gasteiger partial charge is 0.281 e. The zero-order chi connectivity index (χ0) is 18.0. The van der Waals surface area contributed by atoms with E-state index in [-0.39, 0.29) is 16.8 Å². The summed E-state index contributed by atoms with van der Waals surface area (Å²) in [4.78, 5) is 14.1. The van der Waals surface area contributed by atoms with Gasteiger partial charge < -0.3 is 15.2 Å². The molecule has 2 aromatic carbocycles. The van der Waals surface area contributed by atoms with Gasteiger partial charge in [-0.2, -0.15) is 0 Å². The molecule has 0 spiro atoms. The summed E-state index contributed by atoms with van der Waals surface area (Å²) in [6, 6.07) is 11.8. The number of nitrogens with zero attached hydrogens (tertiary/aromatic N) is 1. The summed E-state index contributed by atoms with van der Waals surface area (Å²) < 4.78 is 5.36. The number of carbonyl (C=O) groups is 1. The normalized spacial score (nSPS) is 15.6. The van der Waals surface area contributed by atoms with Crippen LogP contribution in [0.5, 0.6) is 11.5 Å². The van der Waals surface area contributed by atoms with Gasteiger partial charge >= 0.3 is 0 Å². The number of ether oxygens (including phenoxy) is 1. The van der Waals surface area contributed by atoms with Crippen LogP contribution in [0, 0.1) is 0 Å². The molecule has 7 heteroatoms. The number of halogens is 1. The Bertz CT molecular complexity index is 882. The summed E-state index contributed by atoms with van der Waals surface area (Å²) in [7, 11) is 0. The highest BCUT2D eigenvalue weighted by molar-refractivity contribution is 7.80. The van der Waals surface area contributed by atoms with Crippen LogP contribution in [0.15, 0.2) is 48.2 Å². The predicted molar refractivity (Wildman–Crippen MR) is 102 cm³/mol. The first-order valence-electron chi connectivity index (χ1n) is 7.58. The monoisotopic (exact) mass is 374 g/mol. The van der Waals surface area contributed by atoms with E-state index in [1.54, 1.807) is 42.5 Å². The molecule has 0 aliphatic carbocycles. The fraction of sp³-hybridized carbons (Fsp3) is 0.111. The second-order valence-electron chi connectivity index (χ2n) is 5.24. The molecule has 2 aromatic rings. The lowest BCUT2D eigenvalue weighted by atomic mass is 10.1. The maximum Gasteiger partial charge on any atom is 0.281 e. The topological polar surface area (TPSA) is 61.8 Å². The molecule has 1 aliphatic rings. The summed E-state index contributed by atoms with van der Waals surface area (Å²) in [6.45, 7) is 2.25. The number of anilines is 1. The van der Waals surface area contributed by atoms with Crippen LogP contribution >= 0.6 is 23.8 Å². The summed E-state index contributed by atoms with van der Waals surface area (Å²) in [5.41, 5.74) is 1.54. The lowest BCUT2D eigenvalue weighted by molar-refractivity contribution is -0.113. The van der Waals surface area contributed by atoms with Crippen molar-refractivity contribution in [3.8, 4) is 11.5 Å². The molecule has 0 atom stereocenters. The molecular weight excluding hydrogens is 360 g/mol. The molecule has 1 amide bonds. The molecule has 5 nitrogen and oxygen atoms in total. The van der Waals surface area contributed by atoms with Gasteiger partial charge in [0.2, 0.25) is 0 Å². The first kappa shape index (κ1) is 17.3. The van der Waals surface area contributed by atoms with Crippen LogP contribution < -0.4 is 15.0 Å². The molecule has 1 saturated heterocycles. The summed E-state index contributed by atoms with van der Waals surface area (Å²) in [5.74, 6) is 0.0971. The number of thiocarbonyl (C=S) groups is 1. The number of phenolic OH excluding ortho intramolecular Hbond substituents is 1. The van der Waals surface area contributed by atoms with Crippen molar-refractivity contribution >= 4 is 46.6 Å². The second kappa shape index (κ2) is 7.13. The number of benzene rings is 2. The van der Waals surface area contributed by atoms with Gasteiger partial charge in [-0.1, -0.05) is 29.8 Å². The number of amides is 1. The van der Waals surface area contributed by atoms with Gasteiger partial charge in [0.1, 0.15) is 5.70 Å². The minimum atomic E-state index is -0.302. The third kappa shape index (κ3) is 3.45. The van der Waals surface area contributed by atoms with Gasteiger partial charge in [0.05, 0.1) is 17.3 Å². The Balaban J connectivity index is 1.93. The fourth-order valence-corrected chi connectivity index (χ4v) is 2.96. The molecule has 2 N–H and O–H groups in total. The summed E-state index contributed by atoms with van der Waals surface area (Å²) in [6.07, 6.45) is 1.65. The number of para-hydroxylation sites is 1. The molecule has 128 valence electrons. The third-order valence-corrected chi connectivity index (χ3v) is 4.17. The Hall–Kier alpha value is -2.57. The van der Waals surface area contributed by atoms with Gasteiger partial charge in [0.25, 0.3) is 5.91 Å². The molecular formula is C18H15ClN2O3S. The van der Waals surface area contributed by atoms with Crippen LogP contribution in [0.2, 0.25) is 5.02 Å². The maximum absolute atomic E-state index is 12.7. The van der Waals surface area contributed by atoms with E-state index in [1.807, 2.05) is 6.92 Å². The lowest BCUT2D eigenvalue weighted by Crippen LogP contribution is -2.30. The van der Waals surface area contributed by atoms with Crippen molar-refractivity contribution in [2.45, 2.75) is 6.92 Å². The van der Waals surface area contributed by atoms with Crippen LogP contribution in [-0.4, -0.2) is 22.7 Å². The maximum atomic E-state index is 12.7. The first-order valence-corrected chi connectivity index (χ1v) is 8.37. The Kier molecular flexibility index (Phi) is 4.92. The van der Waals surface area contributed by atoms with Gasteiger partial charge in [-0.15, -0.1) is 0 Å². The number of nitrogens with one attached hydrogen (secondary N) is 1. The van der Waals surface area contributed by atoms with Crippen molar-refractivity contribution in [3.05, 3.63) is 58.7 Å². The molecule has 0 radical (unpaired) electrons. The largest absolute Gasteiger partial charge is 0.504 e.